The van der Waals surface area contributed by atoms with Crippen LogP contribution in [0.2, 0.25) is 0 Å². The second-order valence-electron chi connectivity index (χ2n) is 4.14. The zero-order chi connectivity index (χ0) is 12.8. The fourth-order valence-electron chi connectivity index (χ4n) is 1.34. The monoisotopic (exact) mass is 246 g/mol. The Morgan fingerprint density at radius 2 is 2.06 bits per heavy atom. The van der Waals surface area contributed by atoms with Gasteiger partial charge in [-0.05, 0) is 19.9 Å². The molecular weight excluding hydrogens is 237 g/mol. The number of anilines is 1. The van der Waals surface area contributed by atoms with Crippen molar-refractivity contribution in [2.45, 2.75) is 25.6 Å². The maximum Gasteiger partial charge on any atom is 0.417 e. The first-order valence-electron chi connectivity index (χ1n) is 4.78. The van der Waals surface area contributed by atoms with E-state index in [9.17, 15) is 18.0 Å². The molecule has 0 bridgehead atoms. The summed E-state index contributed by atoms with van der Waals surface area (Å²) in [6, 6.07) is 0.801. The predicted molar refractivity (Wildman–Crippen MR) is 52.6 cm³/mol. The van der Waals surface area contributed by atoms with E-state index in [0.29, 0.717) is 6.20 Å². The number of fused-ring (bicyclic) bond motifs is 1. The number of rotatable bonds is 0. The molecule has 92 valence electrons. The molecule has 1 aromatic heterocycles. The van der Waals surface area contributed by atoms with Crippen molar-refractivity contribution in [3.63, 3.8) is 0 Å². The van der Waals surface area contributed by atoms with E-state index in [0.717, 1.165) is 6.07 Å². The van der Waals surface area contributed by atoms with Crippen LogP contribution in [0.25, 0.3) is 0 Å². The third kappa shape index (κ3) is 2.04. The Bertz CT molecular complexity index is 483. The lowest BCUT2D eigenvalue weighted by atomic mass is 10.1. The minimum atomic E-state index is -4.50. The maximum atomic E-state index is 12.4. The number of ether oxygens (including phenoxy) is 1. The summed E-state index contributed by atoms with van der Waals surface area (Å²) in [5.74, 6) is -0.520. The third-order valence-electron chi connectivity index (χ3n) is 2.33. The second-order valence-corrected chi connectivity index (χ2v) is 4.14. The standard InChI is InChI=1S/C10H9F3N2O2/c1-9(2)8(16)15-6-3-5(10(11,12)13)4-14-7(6)17-9/h3-4H,1-2H3,(H,15,16). The van der Waals surface area contributed by atoms with Gasteiger partial charge in [-0.1, -0.05) is 0 Å². The van der Waals surface area contributed by atoms with E-state index >= 15 is 0 Å². The van der Waals surface area contributed by atoms with Crippen molar-refractivity contribution in [3.8, 4) is 5.88 Å². The highest BCUT2D eigenvalue weighted by molar-refractivity contribution is 5.99. The van der Waals surface area contributed by atoms with Gasteiger partial charge in [0.15, 0.2) is 5.60 Å². The lowest BCUT2D eigenvalue weighted by Gasteiger charge is -2.30. The van der Waals surface area contributed by atoms with Crippen molar-refractivity contribution in [2.24, 2.45) is 0 Å². The van der Waals surface area contributed by atoms with Crippen LogP contribution < -0.4 is 10.1 Å². The molecule has 0 saturated heterocycles. The molecule has 1 aromatic rings. The Morgan fingerprint density at radius 1 is 1.41 bits per heavy atom. The van der Waals surface area contributed by atoms with Crippen molar-refractivity contribution in [1.29, 1.82) is 0 Å². The predicted octanol–water partition coefficient (Wildman–Crippen LogP) is 2.21. The molecule has 2 heterocycles. The smallest absolute Gasteiger partial charge is 0.417 e. The van der Waals surface area contributed by atoms with Crippen LogP contribution in [0.4, 0.5) is 18.9 Å². The normalized spacial score (nSPS) is 18.1. The van der Waals surface area contributed by atoms with E-state index in [1.807, 2.05) is 0 Å². The number of pyridine rings is 1. The van der Waals surface area contributed by atoms with Crippen molar-refractivity contribution in [1.82, 2.24) is 4.98 Å². The molecule has 0 aliphatic carbocycles. The SMILES string of the molecule is CC1(C)Oc2ncc(C(F)(F)F)cc2NC1=O. The Balaban J connectivity index is 2.43. The molecule has 0 fully saturated rings. The number of hydrogen-bond donors (Lipinski definition) is 1. The first-order chi connectivity index (χ1) is 7.70. The number of nitrogens with zero attached hydrogens (tertiary/aromatic N) is 1. The molecular formula is C10H9F3N2O2. The van der Waals surface area contributed by atoms with Gasteiger partial charge in [-0.25, -0.2) is 4.98 Å². The zero-order valence-corrected chi connectivity index (χ0v) is 9.05. The molecule has 0 radical (unpaired) electrons. The van der Waals surface area contributed by atoms with Gasteiger partial charge < -0.3 is 10.1 Å². The summed E-state index contributed by atoms with van der Waals surface area (Å²) < 4.78 is 42.4. The van der Waals surface area contributed by atoms with Crippen molar-refractivity contribution < 1.29 is 22.7 Å². The van der Waals surface area contributed by atoms with Crippen LogP contribution in [0.3, 0.4) is 0 Å². The number of amides is 1. The van der Waals surface area contributed by atoms with E-state index in [1.54, 1.807) is 0 Å². The van der Waals surface area contributed by atoms with Crippen molar-refractivity contribution in [2.75, 3.05) is 5.32 Å². The van der Waals surface area contributed by atoms with Crippen LogP contribution in [-0.4, -0.2) is 16.5 Å². The number of carbonyl (C=O) groups is 1. The summed E-state index contributed by atoms with van der Waals surface area (Å²) >= 11 is 0. The van der Waals surface area contributed by atoms with Crippen LogP contribution >= 0.6 is 0 Å². The highest BCUT2D eigenvalue weighted by atomic mass is 19.4. The van der Waals surface area contributed by atoms with Gasteiger partial charge in [0.25, 0.3) is 5.91 Å². The zero-order valence-electron chi connectivity index (χ0n) is 9.05. The average Bonchev–Trinajstić information content (AvgIpc) is 2.17. The maximum absolute atomic E-state index is 12.4. The van der Waals surface area contributed by atoms with Gasteiger partial charge in [0.1, 0.15) is 5.69 Å². The number of alkyl halides is 3. The summed E-state index contributed by atoms with van der Waals surface area (Å²) in [7, 11) is 0. The molecule has 1 aliphatic rings. The van der Waals surface area contributed by atoms with Crippen LogP contribution in [0, 0.1) is 0 Å². The molecule has 7 heteroatoms. The Hall–Kier alpha value is -1.79. The molecule has 1 N–H and O–H groups in total. The number of hydrogen-bond acceptors (Lipinski definition) is 3. The molecule has 1 amide bonds. The van der Waals surface area contributed by atoms with E-state index in [-0.39, 0.29) is 11.6 Å². The molecule has 17 heavy (non-hydrogen) atoms. The lowest BCUT2D eigenvalue weighted by molar-refractivity contribution is -0.138. The van der Waals surface area contributed by atoms with Crippen molar-refractivity contribution >= 4 is 11.6 Å². The topological polar surface area (TPSA) is 51.2 Å². The molecule has 0 saturated carbocycles. The van der Waals surface area contributed by atoms with E-state index in [2.05, 4.69) is 10.3 Å². The first-order valence-corrected chi connectivity index (χ1v) is 4.78. The molecule has 1 aliphatic heterocycles. The summed E-state index contributed by atoms with van der Waals surface area (Å²) in [5.41, 5.74) is -2.14. The Labute approximate surface area is 94.8 Å². The molecule has 2 rings (SSSR count). The fourth-order valence-corrected chi connectivity index (χ4v) is 1.34. The second kappa shape index (κ2) is 3.35. The summed E-state index contributed by atoms with van der Waals surface area (Å²) in [4.78, 5) is 15.1. The minimum absolute atomic E-state index is 0.0115. The highest BCUT2D eigenvalue weighted by Gasteiger charge is 2.38. The third-order valence-corrected chi connectivity index (χ3v) is 2.33. The minimum Gasteiger partial charge on any atom is -0.460 e. The lowest BCUT2D eigenvalue weighted by Crippen LogP contribution is -2.46. The molecule has 0 atom stereocenters. The number of aromatic nitrogens is 1. The Kier molecular flexibility index (Phi) is 2.30. The summed E-state index contributed by atoms with van der Waals surface area (Å²) in [5, 5.41) is 2.34. The first kappa shape index (κ1) is 11.7. The molecule has 0 aromatic carbocycles. The van der Waals surface area contributed by atoms with E-state index in [4.69, 9.17) is 4.74 Å². The van der Waals surface area contributed by atoms with Gasteiger partial charge in [0.2, 0.25) is 5.88 Å². The van der Waals surface area contributed by atoms with Crippen LogP contribution in [0.1, 0.15) is 19.4 Å². The van der Waals surface area contributed by atoms with Crippen LogP contribution in [-0.2, 0) is 11.0 Å². The average molecular weight is 246 g/mol. The van der Waals surface area contributed by atoms with Gasteiger partial charge >= 0.3 is 6.18 Å². The van der Waals surface area contributed by atoms with Gasteiger partial charge in [-0.2, -0.15) is 13.2 Å². The highest BCUT2D eigenvalue weighted by Crippen LogP contribution is 2.36. The van der Waals surface area contributed by atoms with Crippen LogP contribution in [0.15, 0.2) is 12.3 Å². The quantitative estimate of drug-likeness (QED) is 0.763. The van der Waals surface area contributed by atoms with E-state index in [1.165, 1.54) is 13.8 Å². The Morgan fingerprint density at radius 3 is 2.65 bits per heavy atom. The summed E-state index contributed by atoms with van der Waals surface area (Å²) in [6.45, 7) is 3.01. The number of nitrogens with one attached hydrogen (secondary N) is 1. The molecule has 4 nitrogen and oxygen atoms in total. The fraction of sp³-hybridized carbons (Fsp3) is 0.400. The van der Waals surface area contributed by atoms with Crippen LogP contribution in [0.5, 0.6) is 5.88 Å². The molecule has 0 spiro atoms. The van der Waals surface area contributed by atoms with E-state index < -0.39 is 23.2 Å². The number of halogens is 3. The van der Waals surface area contributed by atoms with Gasteiger partial charge in [0, 0.05) is 6.20 Å². The van der Waals surface area contributed by atoms with Crippen molar-refractivity contribution in [3.05, 3.63) is 17.8 Å². The van der Waals surface area contributed by atoms with Gasteiger partial charge in [-0.15, -0.1) is 0 Å². The number of carbonyl (C=O) groups excluding carboxylic acids is 1. The van der Waals surface area contributed by atoms with Gasteiger partial charge in [0.05, 0.1) is 5.56 Å². The largest absolute Gasteiger partial charge is 0.460 e. The molecule has 0 unspecified atom stereocenters. The summed E-state index contributed by atoms with van der Waals surface area (Å²) in [6.07, 6.45) is -3.83. The van der Waals surface area contributed by atoms with Gasteiger partial charge in [-0.3, -0.25) is 4.79 Å².